The third-order valence-electron chi connectivity index (χ3n) is 3.50. The summed E-state index contributed by atoms with van der Waals surface area (Å²) in [5, 5.41) is 0. The molecule has 0 aliphatic heterocycles. The molecular weight excluding hydrogens is 278 g/mol. The standard InChI is InChI=1S/C18H17NO3/c1-13(16(20)14-9-5-3-6-10-14)17(21)18(22)19(2)15-11-7-4-8-12-15/h3-13H,1-2H3. The molecule has 0 saturated heterocycles. The number of ketones is 2. The lowest BCUT2D eigenvalue weighted by molar-refractivity contribution is -0.137. The fraction of sp³-hybridized carbons (Fsp3) is 0.167. The number of carbonyl (C=O) groups is 3. The fourth-order valence-electron chi connectivity index (χ4n) is 2.09. The lowest BCUT2D eigenvalue weighted by Crippen LogP contribution is -2.38. The van der Waals surface area contributed by atoms with E-state index in [0.717, 1.165) is 0 Å². The summed E-state index contributed by atoms with van der Waals surface area (Å²) in [5.74, 6) is -2.75. The normalized spacial score (nSPS) is 11.5. The molecule has 2 aromatic rings. The van der Waals surface area contributed by atoms with E-state index in [1.165, 1.54) is 18.9 Å². The highest BCUT2D eigenvalue weighted by atomic mass is 16.2. The lowest BCUT2D eigenvalue weighted by Gasteiger charge is -2.18. The lowest BCUT2D eigenvalue weighted by atomic mass is 9.95. The average Bonchev–Trinajstić information content (AvgIpc) is 2.60. The van der Waals surface area contributed by atoms with Gasteiger partial charge in [0.2, 0.25) is 5.78 Å². The van der Waals surface area contributed by atoms with E-state index in [4.69, 9.17) is 0 Å². The van der Waals surface area contributed by atoms with E-state index in [0.29, 0.717) is 11.3 Å². The molecular formula is C18H17NO3. The maximum absolute atomic E-state index is 12.3. The number of benzene rings is 2. The molecule has 2 rings (SSSR count). The molecule has 0 N–H and O–H groups in total. The highest BCUT2D eigenvalue weighted by molar-refractivity contribution is 6.45. The Bertz CT molecular complexity index is 680. The fourth-order valence-corrected chi connectivity index (χ4v) is 2.09. The zero-order valence-corrected chi connectivity index (χ0v) is 12.5. The molecule has 2 aromatic carbocycles. The first-order chi connectivity index (χ1) is 10.5. The van der Waals surface area contributed by atoms with E-state index in [-0.39, 0.29) is 5.78 Å². The second-order valence-corrected chi connectivity index (χ2v) is 5.02. The van der Waals surface area contributed by atoms with Crippen molar-refractivity contribution in [3.05, 3.63) is 66.2 Å². The molecule has 112 valence electrons. The molecule has 0 spiro atoms. The molecule has 0 saturated carbocycles. The van der Waals surface area contributed by atoms with Gasteiger partial charge in [-0.2, -0.15) is 0 Å². The molecule has 0 aliphatic carbocycles. The first-order valence-corrected chi connectivity index (χ1v) is 6.98. The van der Waals surface area contributed by atoms with Crippen LogP contribution in [-0.4, -0.2) is 24.5 Å². The maximum Gasteiger partial charge on any atom is 0.294 e. The number of Topliss-reactive ketones (excluding diaryl/α,β-unsaturated/α-hetero) is 2. The van der Waals surface area contributed by atoms with E-state index >= 15 is 0 Å². The third kappa shape index (κ3) is 3.28. The van der Waals surface area contributed by atoms with Crippen molar-refractivity contribution in [2.45, 2.75) is 6.92 Å². The number of anilines is 1. The van der Waals surface area contributed by atoms with Crippen molar-refractivity contribution in [1.29, 1.82) is 0 Å². The minimum atomic E-state index is -0.999. The number of carbonyl (C=O) groups excluding carboxylic acids is 3. The van der Waals surface area contributed by atoms with Gasteiger partial charge in [-0.25, -0.2) is 0 Å². The molecule has 22 heavy (non-hydrogen) atoms. The molecule has 0 heterocycles. The van der Waals surface area contributed by atoms with Gasteiger partial charge < -0.3 is 4.90 Å². The van der Waals surface area contributed by atoms with E-state index in [9.17, 15) is 14.4 Å². The van der Waals surface area contributed by atoms with Crippen molar-refractivity contribution in [2.24, 2.45) is 5.92 Å². The first kappa shape index (κ1) is 15.6. The Kier molecular flexibility index (Phi) is 4.84. The van der Waals surface area contributed by atoms with Crippen LogP contribution >= 0.6 is 0 Å². The number of para-hydroxylation sites is 1. The number of rotatable bonds is 5. The second kappa shape index (κ2) is 6.80. The highest BCUT2D eigenvalue weighted by Crippen LogP contribution is 2.15. The summed E-state index contributed by atoms with van der Waals surface area (Å²) in [6.07, 6.45) is 0. The summed E-state index contributed by atoms with van der Waals surface area (Å²) in [5.41, 5.74) is 1.04. The molecule has 0 aliphatic rings. The van der Waals surface area contributed by atoms with Crippen molar-refractivity contribution in [1.82, 2.24) is 0 Å². The van der Waals surface area contributed by atoms with Crippen LogP contribution in [0.1, 0.15) is 17.3 Å². The first-order valence-electron chi connectivity index (χ1n) is 6.98. The monoisotopic (exact) mass is 295 g/mol. The van der Waals surface area contributed by atoms with Crippen LogP contribution in [-0.2, 0) is 9.59 Å². The summed E-state index contributed by atoms with van der Waals surface area (Å²) < 4.78 is 0. The number of likely N-dealkylation sites (N-methyl/N-ethyl adjacent to an activating group) is 1. The zero-order valence-electron chi connectivity index (χ0n) is 12.5. The summed E-state index contributed by atoms with van der Waals surface area (Å²) in [4.78, 5) is 38.0. The Morgan fingerprint density at radius 3 is 1.91 bits per heavy atom. The number of nitrogens with zero attached hydrogens (tertiary/aromatic N) is 1. The summed E-state index contributed by atoms with van der Waals surface area (Å²) in [6.45, 7) is 1.47. The SMILES string of the molecule is CC(C(=O)C(=O)N(C)c1ccccc1)C(=O)c1ccccc1. The van der Waals surface area contributed by atoms with Crippen LogP contribution in [0, 0.1) is 5.92 Å². The van der Waals surface area contributed by atoms with Gasteiger partial charge in [-0.3, -0.25) is 14.4 Å². The predicted octanol–water partition coefficient (Wildman–Crippen LogP) is 2.74. The maximum atomic E-state index is 12.3. The van der Waals surface area contributed by atoms with Crippen LogP contribution in [0.5, 0.6) is 0 Å². The molecule has 0 fully saturated rings. The quantitative estimate of drug-likeness (QED) is 0.484. The Morgan fingerprint density at radius 1 is 0.864 bits per heavy atom. The van der Waals surface area contributed by atoms with Crippen molar-refractivity contribution in [2.75, 3.05) is 11.9 Å². The van der Waals surface area contributed by atoms with Crippen LogP contribution in [0.2, 0.25) is 0 Å². The van der Waals surface area contributed by atoms with Crippen LogP contribution in [0.15, 0.2) is 60.7 Å². The number of hydrogen-bond acceptors (Lipinski definition) is 3. The van der Waals surface area contributed by atoms with Gasteiger partial charge in [0.15, 0.2) is 5.78 Å². The van der Waals surface area contributed by atoms with E-state index < -0.39 is 17.6 Å². The number of hydrogen-bond donors (Lipinski definition) is 0. The van der Waals surface area contributed by atoms with E-state index in [2.05, 4.69) is 0 Å². The minimum Gasteiger partial charge on any atom is -0.309 e. The Labute approximate surface area is 129 Å². The second-order valence-electron chi connectivity index (χ2n) is 5.02. The van der Waals surface area contributed by atoms with E-state index in [1.54, 1.807) is 54.6 Å². The largest absolute Gasteiger partial charge is 0.309 e. The Morgan fingerprint density at radius 2 is 1.36 bits per heavy atom. The highest BCUT2D eigenvalue weighted by Gasteiger charge is 2.30. The molecule has 0 bridgehead atoms. The van der Waals surface area contributed by atoms with Gasteiger partial charge >= 0.3 is 0 Å². The van der Waals surface area contributed by atoms with Gasteiger partial charge in [0.1, 0.15) is 0 Å². The smallest absolute Gasteiger partial charge is 0.294 e. The van der Waals surface area contributed by atoms with Crippen LogP contribution in [0.25, 0.3) is 0 Å². The predicted molar refractivity (Wildman–Crippen MR) is 84.8 cm³/mol. The van der Waals surface area contributed by atoms with Crippen LogP contribution < -0.4 is 4.90 Å². The van der Waals surface area contributed by atoms with Crippen molar-refractivity contribution >= 4 is 23.2 Å². The molecule has 1 unspecified atom stereocenters. The summed E-state index contributed by atoms with van der Waals surface area (Å²) >= 11 is 0. The van der Waals surface area contributed by atoms with Gasteiger partial charge in [-0.15, -0.1) is 0 Å². The molecule has 4 nitrogen and oxygen atoms in total. The molecule has 4 heteroatoms. The van der Waals surface area contributed by atoms with Gasteiger partial charge in [0, 0.05) is 18.3 Å². The third-order valence-corrected chi connectivity index (χ3v) is 3.50. The van der Waals surface area contributed by atoms with E-state index in [1.807, 2.05) is 6.07 Å². The van der Waals surface area contributed by atoms with Gasteiger partial charge in [0.25, 0.3) is 5.91 Å². The molecule has 1 amide bonds. The summed E-state index contributed by atoms with van der Waals surface area (Å²) in [6, 6.07) is 17.4. The zero-order chi connectivity index (χ0) is 16.1. The van der Waals surface area contributed by atoms with Crippen LogP contribution in [0.4, 0.5) is 5.69 Å². The average molecular weight is 295 g/mol. The topological polar surface area (TPSA) is 54.5 Å². The Hall–Kier alpha value is -2.75. The Balaban J connectivity index is 2.13. The van der Waals surface area contributed by atoms with Gasteiger partial charge in [-0.1, -0.05) is 48.5 Å². The van der Waals surface area contributed by atoms with Gasteiger partial charge in [-0.05, 0) is 19.1 Å². The molecule has 1 atom stereocenters. The van der Waals surface area contributed by atoms with Crippen LogP contribution in [0.3, 0.4) is 0 Å². The van der Waals surface area contributed by atoms with Gasteiger partial charge in [0.05, 0.1) is 5.92 Å². The minimum absolute atomic E-state index is 0.347. The molecule has 0 radical (unpaired) electrons. The summed E-state index contributed by atoms with van der Waals surface area (Å²) in [7, 11) is 1.52. The van der Waals surface area contributed by atoms with Crippen molar-refractivity contribution < 1.29 is 14.4 Å². The van der Waals surface area contributed by atoms with Crippen molar-refractivity contribution in [3.8, 4) is 0 Å². The van der Waals surface area contributed by atoms with Crippen molar-refractivity contribution in [3.63, 3.8) is 0 Å². The molecule has 0 aromatic heterocycles. The number of amides is 1.